The Morgan fingerprint density at radius 1 is 1.39 bits per heavy atom. The van der Waals surface area contributed by atoms with Crippen molar-refractivity contribution < 1.29 is 9.90 Å². The van der Waals surface area contributed by atoms with Crippen LogP contribution >= 0.6 is 0 Å². The van der Waals surface area contributed by atoms with Crippen molar-refractivity contribution >= 4 is 5.91 Å². The first kappa shape index (κ1) is 14.2. The van der Waals surface area contributed by atoms with Crippen LogP contribution in [0.25, 0.3) is 0 Å². The van der Waals surface area contributed by atoms with Crippen LogP contribution in [0.3, 0.4) is 0 Å². The van der Waals surface area contributed by atoms with Gasteiger partial charge in [-0.2, -0.15) is 5.26 Å². The van der Waals surface area contributed by atoms with Crippen LogP contribution in [0.15, 0.2) is 24.3 Å². The molecule has 1 unspecified atom stereocenters. The molecule has 1 aromatic rings. The molecular formula is C14H18N2O2. The average molecular weight is 246 g/mol. The van der Waals surface area contributed by atoms with E-state index in [1.807, 2.05) is 26.8 Å². The normalized spacial score (nSPS) is 12.6. The zero-order chi connectivity index (χ0) is 13.8. The van der Waals surface area contributed by atoms with Crippen molar-refractivity contribution in [1.29, 1.82) is 5.26 Å². The second-order valence-electron chi connectivity index (χ2n) is 5.28. The van der Waals surface area contributed by atoms with Crippen molar-refractivity contribution in [3.63, 3.8) is 0 Å². The van der Waals surface area contributed by atoms with E-state index in [4.69, 9.17) is 5.26 Å². The fourth-order valence-electron chi connectivity index (χ4n) is 1.29. The lowest BCUT2D eigenvalue weighted by atomic mass is 9.89. The molecule has 0 saturated carbocycles. The Balaban J connectivity index is 2.58. The van der Waals surface area contributed by atoms with Crippen molar-refractivity contribution in [2.75, 3.05) is 6.54 Å². The molecule has 0 bridgehead atoms. The average Bonchev–Trinajstić information content (AvgIpc) is 2.34. The van der Waals surface area contributed by atoms with Gasteiger partial charge in [-0.05, 0) is 29.7 Å². The molecule has 0 saturated heterocycles. The summed E-state index contributed by atoms with van der Waals surface area (Å²) in [6.45, 7) is 5.94. The number of nitriles is 1. The fourth-order valence-corrected chi connectivity index (χ4v) is 1.29. The molecule has 0 fully saturated rings. The summed E-state index contributed by atoms with van der Waals surface area (Å²) in [6.07, 6.45) is -0.597. The molecule has 0 aliphatic heterocycles. The Labute approximate surface area is 107 Å². The number of rotatable bonds is 3. The summed E-state index contributed by atoms with van der Waals surface area (Å²) in [7, 11) is 0. The minimum Gasteiger partial charge on any atom is -0.391 e. The smallest absolute Gasteiger partial charge is 0.251 e. The van der Waals surface area contributed by atoms with Crippen molar-refractivity contribution in [2.24, 2.45) is 5.41 Å². The monoisotopic (exact) mass is 246 g/mol. The lowest BCUT2D eigenvalue weighted by molar-refractivity contribution is 0.0587. The van der Waals surface area contributed by atoms with Gasteiger partial charge < -0.3 is 10.4 Å². The summed E-state index contributed by atoms with van der Waals surface area (Å²) in [6, 6.07) is 8.37. The number of aliphatic hydroxyl groups is 1. The number of nitrogens with zero attached hydrogens (tertiary/aromatic N) is 1. The molecule has 1 aromatic carbocycles. The molecule has 0 aliphatic rings. The van der Waals surface area contributed by atoms with Gasteiger partial charge in [0, 0.05) is 12.1 Å². The second-order valence-corrected chi connectivity index (χ2v) is 5.28. The molecule has 4 nitrogen and oxygen atoms in total. The van der Waals surface area contributed by atoms with Crippen molar-refractivity contribution in [1.82, 2.24) is 5.32 Å². The van der Waals surface area contributed by atoms with Crippen molar-refractivity contribution in [3.05, 3.63) is 35.4 Å². The maximum Gasteiger partial charge on any atom is 0.251 e. The second kappa shape index (κ2) is 5.65. The standard InChI is InChI=1S/C14H18N2O2/c1-14(2,3)12(17)9-16-13(18)11-6-4-10(8-15)5-7-11/h4-7,12,17H,9H2,1-3H3,(H,16,18). The molecule has 0 aliphatic carbocycles. The Kier molecular flexibility index (Phi) is 4.46. The first-order valence-electron chi connectivity index (χ1n) is 5.81. The summed E-state index contributed by atoms with van der Waals surface area (Å²) >= 11 is 0. The van der Waals surface area contributed by atoms with E-state index in [0.29, 0.717) is 11.1 Å². The number of hydrogen-bond acceptors (Lipinski definition) is 3. The number of carbonyl (C=O) groups excluding carboxylic acids is 1. The molecular weight excluding hydrogens is 228 g/mol. The van der Waals surface area contributed by atoms with Crippen LogP contribution in [0, 0.1) is 16.7 Å². The maximum atomic E-state index is 11.8. The van der Waals surface area contributed by atoms with Gasteiger partial charge in [0.25, 0.3) is 5.91 Å². The number of aliphatic hydroxyl groups excluding tert-OH is 1. The van der Waals surface area contributed by atoms with E-state index in [-0.39, 0.29) is 17.9 Å². The van der Waals surface area contributed by atoms with E-state index < -0.39 is 6.10 Å². The lowest BCUT2D eigenvalue weighted by Gasteiger charge is -2.25. The molecule has 0 aromatic heterocycles. The topological polar surface area (TPSA) is 73.1 Å². The Bertz CT molecular complexity index is 452. The highest BCUT2D eigenvalue weighted by Crippen LogP contribution is 2.18. The van der Waals surface area contributed by atoms with Gasteiger partial charge in [0.05, 0.1) is 17.7 Å². The minimum atomic E-state index is -0.597. The van der Waals surface area contributed by atoms with Crippen LogP contribution in [0.1, 0.15) is 36.7 Å². The Morgan fingerprint density at radius 3 is 2.39 bits per heavy atom. The molecule has 0 heterocycles. The highest BCUT2D eigenvalue weighted by molar-refractivity contribution is 5.94. The van der Waals surface area contributed by atoms with E-state index in [2.05, 4.69) is 5.32 Å². The summed E-state index contributed by atoms with van der Waals surface area (Å²) in [5.41, 5.74) is 0.731. The first-order chi connectivity index (χ1) is 8.34. The third kappa shape index (κ3) is 3.86. The Hall–Kier alpha value is -1.86. The number of amides is 1. The maximum absolute atomic E-state index is 11.8. The van der Waals surface area contributed by atoms with E-state index in [0.717, 1.165) is 0 Å². The summed E-state index contributed by atoms with van der Waals surface area (Å²) in [5.74, 6) is -0.247. The third-order valence-electron chi connectivity index (χ3n) is 2.73. The molecule has 96 valence electrons. The SMILES string of the molecule is CC(C)(C)C(O)CNC(=O)c1ccc(C#N)cc1. The zero-order valence-electron chi connectivity index (χ0n) is 10.9. The van der Waals surface area contributed by atoms with E-state index in [9.17, 15) is 9.90 Å². The van der Waals surface area contributed by atoms with Crippen molar-refractivity contribution in [3.8, 4) is 6.07 Å². The van der Waals surface area contributed by atoms with Crippen LogP contribution < -0.4 is 5.32 Å². The lowest BCUT2D eigenvalue weighted by Crippen LogP contribution is -2.39. The number of nitrogens with one attached hydrogen (secondary N) is 1. The predicted octanol–water partition coefficient (Wildman–Crippen LogP) is 1.70. The minimum absolute atomic E-state index is 0.211. The number of hydrogen-bond donors (Lipinski definition) is 2. The van der Waals surface area contributed by atoms with Crippen LogP contribution in [0.5, 0.6) is 0 Å². The molecule has 1 rings (SSSR count). The summed E-state index contributed by atoms with van der Waals surface area (Å²) < 4.78 is 0. The van der Waals surface area contributed by atoms with Crippen molar-refractivity contribution in [2.45, 2.75) is 26.9 Å². The van der Waals surface area contributed by atoms with Gasteiger partial charge >= 0.3 is 0 Å². The molecule has 4 heteroatoms. The summed E-state index contributed by atoms with van der Waals surface area (Å²) in [5, 5.41) is 21.1. The Morgan fingerprint density at radius 2 is 1.94 bits per heavy atom. The van der Waals surface area contributed by atoms with Crippen LogP contribution in [0.4, 0.5) is 0 Å². The molecule has 2 N–H and O–H groups in total. The van der Waals surface area contributed by atoms with Gasteiger partial charge in [-0.25, -0.2) is 0 Å². The zero-order valence-corrected chi connectivity index (χ0v) is 10.9. The molecule has 1 atom stereocenters. The van der Waals surface area contributed by atoms with Gasteiger partial charge in [-0.15, -0.1) is 0 Å². The predicted molar refractivity (Wildman–Crippen MR) is 69.0 cm³/mol. The largest absolute Gasteiger partial charge is 0.391 e. The third-order valence-corrected chi connectivity index (χ3v) is 2.73. The van der Waals surface area contributed by atoms with Gasteiger partial charge in [-0.3, -0.25) is 4.79 Å². The highest BCUT2D eigenvalue weighted by Gasteiger charge is 2.22. The fraction of sp³-hybridized carbons (Fsp3) is 0.429. The first-order valence-corrected chi connectivity index (χ1v) is 5.81. The molecule has 0 radical (unpaired) electrons. The van der Waals surface area contributed by atoms with Crippen LogP contribution in [-0.2, 0) is 0 Å². The van der Waals surface area contributed by atoms with Gasteiger partial charge in [0.1, 0.15) is 0 Å². The molecule has 1 amide bonds. The van der Waals surface area contributed by atoms with Gasteiger partial charge in [0.15, 0.2) is 0 Å². The molecule has 0 spiro atoms. The summed E-state index contributed by atoms with van der Waals surface area (Å²) in [4.78, 5) is 11.8. The van der Waals surface area contributed by atoms with E-state index in [1.54, 1.807) is 24.3 Å². The number of carbonyl (C=O) groups is 1. The highest BCUT2D eigenvalue weighted by atomic mass is 16.3. The van der Waals surface area contributed by atoms with Crippen LogP contribution in [-0.4, -0.2) is 23.7 Å². The number of benzene rings is 1. The van der Waals surface area contributed by atoms with E-state index >= 15 is 0 Å². The quantitative estimate of drug-likeness (QED) is 0.852. The van der Waals surface area contributed by atoms with Crippen LogP contribution in [0.2, 0.25) is 0 Å². The van der Waals surface area contributed by atoms with E-state index in [1.165, 1.54) is 0 Å². The van der Waals surface area contributed by atoms with Gasteiger partial charge in [-0.1, -0.05) is 20.8 Å². The van der Waals surface area contributed by atoms with Gasteiger partial charge in [0.2, 0.25) is 0 Å². The molecule has 18 heavy (non-hydrogen) atoms.